The molecule has 2 aliphatic rings. The van der Waals surface area contributed by atoms with E-state index in [1.54, 1.807) is 4.57 Å². The maximum atomic E-state index is 14.1. The number of aryl methyl sites for hydroxylation is 1. The molecule has 4 aromatic rings. The van der Waals surface area contributed by atoms with Gasteiger partial charge in [-0.15, -0.1) is 0 Å². The Hall–Kier alpha value is -3.27. The Morgan fingerprint density at radius 1 is 1.05 bits per heavy atom. The maximum absolute atomic E-state index is 14.1. The van der Waals surface area contributed by atoms with Crippen LogP contribution in [0.4, 0.5) is 5.82 Å². The molecule has 37 heavy (non-hydrogen) atoms. The van der Waals surface area contributed by atoms with Crippen molar-refractivity contribution in [2.45, 2.75) is 25.8 Å². The second-order valence-electron chi connectivity index (χ2n) is 9.77. The van der Waals surface area contributed by atoms with Gasteiger partial charge in [0.15, 0.2) is 11.3 Å². The molecule has 1 atom stereocenters. The van der Waals surface area contributed by atoms with Crippen LogP contribution in [0.1, 0.15) is 18.7 Å². The summed E-state index contributed by atoms with van der Waals surface area (Å²) in [4.78, 5) is 32.8. The van der Waals surface area contributed by atoms with Gasteiger partial charge in [0.1, 0.15) is 17.9 Å². The average molecular weight is 520 g/mol. The smallest absolute Gasteiger partial charge is 0.319 e. The number of hydrogen-bond acceptors (Lipinski definition) is 8. The van der Waals surface area contributed by atoms with E-state index in [-0.39, 0.29) is 17.1 Å². The van der Waals surface area contributed by atoms with E-state index in [2.05, 4.69) is 27.1 Å². The van der Waals surface area contributed by atoms with Crippen LogP contribution in [-0.2, 0) is 0 Å². The number of likely N-dealkylation sites (tertiary alicyclic amines) is 1. The van der Waals surface area contributed by atoms with Crippen LogP contribution in [0.15, 0.2) is 41.2 Å². The number of benzene rings is 2. The SMILES string of the molecule is Cc1nc2c(N3CCNCC3)nc(OCC3CCCN3C)nc2c(=O)n1-c1cccc2cccc(Cl)c12. The van der Waals surface area contributed by atoms with Gasteiger partial charge in [0.05, 0.1) is 10.7 Å². The molecular weight excluding hydrogens is 490 g/mol. The lowest BCUT2D eigenvalue weighted by atomic mass is 10.1. The highest BCUT2D eigenvalue weighted by molar-refractivity contribution is 6.36. The molecule has 1 unspecified atom stereocenters. The van der Waals surface area contributed by atoms with Crippen LogP contribution in [0.2, 0.25) is 5.02 Å². The lowest BCUT2D eigenvalue weighted by Crippen LogP contribution is -2.44. The van der Waals surface area contributed by atoms with Gasteiger partial charge in [-0.25, -0.2) is 4.98 Å². The summed E-state index contributed by atoms with van der Waals surface area (Å²) in [7, 11) is 2.11. The number of nitrogens with zero attached hydrogens (tertiary/aromatic N) is 6. The van der Waals surface area contributed by atoms with Crippen molar-refractivity contribution in [2.75, 3.05) is 51.3 Å². The van der Waals surface area contributed by atoms with E-state index >= 15 is 0 Å². The lowest BCUT2D eigenvalue weighted by molar-refractivity contribution is 0.188. The molecule has 6 rings (SSSR count). The number of piperazine rings is 1. The largest absolute Gasteiger partial charge is 0.462 e. The molecule has 0 radical (unpaired) electrons. The van der Waals surface area contributed by atoms with Gasteiger partial charge in [-0.2, -0.15) is 9.97 Å². The molecule has 2 aromatic carbocycles. The Balaban J connectivity index is 1.53. The van der Waals surface area contributed by atoms with Gasteiger partial charge in [0.25, 0.3) is 5.56 Å². The van der Waals surface area contributed by atoms with Crippen molar-refractivity contribution in [2.24, 2.45) is 0 Å². The molecule has 2 saturated heterocycles. The molecule has 192 valence electrons. The first kappa shape index (κ1) is 24.1. The van der Waals surface area contributed by atoms with Crippen molar-refractivity contribution in [3.8, 4) is 11.7 Å². The average Bonchev–Trinajstić information content (AvgIpc) is 3.32. The van der Waals surface area contributed by atoms with Gasteiger partial charge in [0, 0.05) is 37.6 Å². The molecular formula is C27H30ClN7O2. The Kier molecular flexibility index (Phi) is 6.44. The van der Waals surface area contributed by atoms with Gasteiger partial charge < -0.3 is 19.9 Å². The number of rotatable bonds is 5. The predicted molar refractivity (Wildman–Crippen MR) is 146 cm³/mol. The van der Waals surface area contributed by atoms with Crippen LogP contribution < -0.4 is 20.5 Å². The fourth-order valence-corrected chi connectivity index (χ4v) is 5.69. The van der Waals surface area contributed by atoms with E-state index < -0.39 is 0 Å². The normalized spacial score (nSPS) is 18.7. The van der Waals surface area contributed by atoms with Crippen LogP contribution in [0.3, 0.4) is 0 Å². The summed E-state index contributed by atoms with van der Waals surface area (Å²) in [5, 5.41) is 5.70. The van der Waals surface area contributed by atoms with Crippen LogP contribution in [0.25, 0.3) is 27.5 Å². The van der Waals surface area contributed by atoms with E-state index in [1.165, 1.54) is 0 Å². The number of hydrogen-bond donors (Lipinski definition) is 1. The molecule has 10 heteroatoms. The van der Waals surface area contributed by atoms with Crippen LogP contribution in [-0.4, -0.2) is 76.8 Å². The van der Waals surface area contributed by atoms with Crippen molar-refractivity contribution >= 4 is 39.2 Å². The monoisotopic (exact) mass is 519 g/mol. The number of anilines is 1. The number of nitrogens with one attached hydrogen (secondary N) is 1. The first-order chi connectivity index (χ1) is 18.0. The molecule has 2 aromatic heterocycles. The fourth-order valence-electron chi connectivity index (χ4n) is 5.41. The maximum Gasteiger partial charge on any atom is 0.319 e. The summed E-state index contributed by atoms with van der Waals surface area (Å²) < 4.78 is 7.71. The molecule has 4 heterocycles. The van der Waals surface area contributed by atoms with Crippen molar-refractivity contribution in [1.29, 1.82) is 0 Å². The third-order valence-corrected chi connectivity index (χ3v) is 7.73. The number of ether oxygens (including phenoxy) is 1. The number of aromatic nitrogens is 4. The quantitative estimate of drug-likeness (QED) is 0.430. The van der Waals surface area contributed by atoms with Crippen LogP contribution in [0, 0.1) is 6.92 Å². The zero-order valence-electron chi connectivity index (χ0n) is 21.1. The minimum Gasteiger partial charge on any atom is -0.462 e. The fraction of sp³-hybridized carbons (Fsp3) is 0.407. The Labute approximate surface area is 220 Å². The van der Waals surface area contributed by atoms with Crippen LogP contribution >= 0.6 is 11.6 Å². The molecule has 0 saturated carbocycles. The number of likely N-dealkylation sites (N-methyl/N-ethyl adjacent to an activating group) is 1. The first-order valence-electron chi connectivity index (χ1n) is 12.8. The number of halogens is 1. The molecule has 0 amide bonds. The minimum atomic E-state index is -0.267. The topological polar surface area (TPSA) is 88.4 Å². The Morgan fingerprint density at radius 3 is 2.59 bits per heavy atom. The van der Waals surface area contributed by atoms with Crippen LogP contribution in [0.5, 0.6) is 6.01 Å². The summed E-state index contributed by atoms with van der Waals surface area (Å²) in [5.74, 6) is 1.19. The molecule has 1 N–H and O–H groups in total. The highest BCUT2D eigenvalue weighted by Gasteiger charge is 2.25. The lowest BCUT2D eigenvalue weighted by Gasteiger charge is -2.29. The molecule has 0 aliphatic carbocycles. The van der Waals surface area contributed by atoms with Crippen molar-refractivity contribution in [3.05, 3.63) is 57.6 Å². The molecule has 0 spiro atoms. The molecule has 9 nitrogen and oxygen atoms in total. The van der Waals surface area contributed by atoms with E-state index in [0.717, 1.165) is 56.3 Å². The molecule has 2 aliphatic heterocycles. The summed E-state index contributed by atoms with van der Waals surface area (Å²) in [6.45, 7) is 6.56. The Morgan fingerprint density at radius 2 is 1.84 bits per heavy atom. The standard InChI is InChI=1S/C27H30ClN7O2/c1-17-30-23-24(26(36)35(17)21-10-4-7-18-6-3-9-20(28)22(18)21)31-27(37-16-19-8-5-13-33(19)2)32-25(23)34-14-11-29-12-15-34/h3-4,6-7,9-10,19,29H,5,8,11-16H2,1-2H3. The van der Waals surface area contributed by atoms with Gasteiger partial charge in [-0.1, -0.05) is 35.9 Å². The summed E-state index contributed by atoms with van der Waals surface area (Å²) in [6, 6.07) is 12.0. The van der Waals surface area contributed by atoms with Gasteiger partial charge in [-0.05, 0) is 50.9 Å². The van der Waals surface area contributed by atoms with Crippen molar-refractivity contribution < 1.29 is 4.74 Å². The highest BCUT2D eigenvalue weighted by Crippen LogP contribution is 2.31. The third-order valence-electron chi connectivity index (χ3n) is 7.41. The summed E-state index contributed by atoms with van der Waals surface area (Å²) in [6.07, 6.45) is 2.22. The van der Waals surface area contributed by atoms with Crippen molar-refractivity contribution in [1.82, 2.24) is 29.7 Å². The van der Waals surface area contributed by atoms with Gasteiger partial charge >= 0.3 is 6.01 Å². The summed E-state index contributed by atoms with van der Waals surface area (Å²) >= 11 is 6.60. The Bertz CT molecular complexity index is 1530. The minimum absolute atomic E-state index is 0.214. The van der Waals surface area contributed by atoms with Gasteiger partial charge in [0.2, 0.25) is 0 Å². The first-order valence-corrected chi connectivity index (χ1v) is 13.2. The van der Waals surface area contributed by atoms with E-state index in [9.17, 15) is 4.79 Å². The highest BCUT2D eigenvalue weighted by atomic mass is 35.5. The summed E-state index contributed by atoms with van der Waals surface area (Å²) in [5.41, 5.74) is 1.15. The van der Waals surface area contributed by atoms with Crippen molar-refractivity contribution in [3.63, 3.8) is 0 Å². The molecule has 0 bridgehead atoms. The second-order valence-corrected chi connectivity index (χ2v) is 10.2. The van der Waals surface area contributed by atoms with E-state index in [4.69, 9.17) is 26.3 Å². The second kappa shape index (κ2) is 9.89. The van der Waals surface area contributed by atoms with E-state index in [1.807, 2.05) is 43.3 Å². The molecule has 2 fully saturated rings. The van der Waals surface area contributed by atoms with E-state index in [0.29, 0.717) is 40.5 Å². The number of fused-ring (bicyclic) bond motifs is 2. The third kappa shape index (κ3) is 4.41. The zero-order chi connectivity index (χ0) is 25.5. The van der Waals surface area contributed by atoms with Gasteiger partial charge in [-0.3, -0.25) is 9.36 Å². The zero-order valence-corrected chi connectivity index (χ0v) is 21.8. The predicted octanol–water partition coefficient (Wildman–Crippen LogP) is 3.17.